The maximum absolute atomic E-state index is 12.1. The van der Waals surface area contributed by atoms with E-state index in [1.807, 2.05) is 12.2 Å². The Kier molecular flexibility index (Phi) is 3.52. The molecule has 4 heteroatoms. The number of allylic oxidation sites excluding steroid dienone is 2. The fraction of sp³-hybridized carbons (Fsp3) is 0.308. The largest absolute Gasteiger partial charge is 0.435 e. The summed E-state index contributed by atoms with van der Waals surface area (Å²) in [6, 6.07) is 6.30. The zero-order valence-corrected chi connectivity index (χ0v) is 9.11. The van der Waals surface area contributed by atoms with Crippen LogP contribution in [-0.2, 0) is 4.79 Å². The number of ether oxygens (including phenoxy) is 1. The smallest absolute Gasteiger partial charge is 0.387 e. The molecule has 90 valence electrons. The number of benzene rings is 1. The molecular formula is C13H12F2O2. The van der Waals surface area contributed by atoms with Gasteiger partial charge in [-0.25, -0.2) is 0 Å². The first kappa shape index (κ1) is 11.8. The lowest BCUT2D eigenvalue weighted by molar-refractivity contribution is -0.119. The second-order valence-corrected chi connectivity index (χ2v) is 3.86. The van der Waals surface area contributed by atoms with Crippen LogP contribution in [0.5, 0.6) is 5.75 Å². The minimum absolute atomic E-state index is 0.0873. The van der Waals surface area contributed by atoms with Gasteiger partial charge in [-0.3, -0.25) is 4.79 Å². The SMILES string of the molecule is O=C1CCC=CC1c1cccc(OC(F)F)c1. The first-order valence-corrected chi connectivity index (χ1v) is 5.41. The minimum Gasteiger partial charge on any atom is -0.435 e. The van der Waals surface area contributed by atoms with E-state index < -0.39 is 6.61 Å². The van der Waals surface area contributed by atoms with Crippen molar-refractivity contribution in [2.24, 2.45) is 0 Å². The van der Waals surface area contributed by atoms with Gasteiger partial charge < -0.3 is 4.74 Å². The highest BCUT2D eigenvalue weighted by Gasteiger charge is 2.20. The lowest BCUT2D eigenvalue weighted by Gasteiger charge is -2.16. The molecule has 0 fully saturated rings. The molecule has 0 saturated heterocycles. The van der Waals surface area contributed by atoms with E-state index in [-0.39, 0.29) is 17.5 Å². The Bertz CT molecular complexity index is 441. The van der Waals surface area contributed by atoms with Crippen LogP contribution in [0.1, 0.15) is 24.3 Å². The Labute approximate surface area is 97.9 Å². The summed E-state index contributed by atoms with van der Waals surface area (Å²) in [6.45, 7) is -2.84. The number of rotatable bonds is 3. The maximum atomic E-state index is 12.1. The number of halogens is 2. The second-order valence-electron chi connectivity index (χ2n) is 3.86. The Hall–Kier alpha value is -1.71. The fourth-order valence-electron chi connectivity index (χ4n) is 1.90. The molecule has 0 aromatic heterocycles. The molecule has 0 amide bonds. The van der Waals surface area contributed by atoms with E-state index in [1.165, 1.54) is 12.1 Å². The van der Waals surface area contributed by atoms with Gasteiger partial charge in [-0.15, -0.1) is 0 Å². The van der Waals surface area contributed by atoms with Crippen molar-refractivity contribution in [2.45, 2.75) is 25.4 Å². The molecule has 0 spiro atoms. The first-order valence-electron chi connectivity index (χ1n) is 5.41. The van der Waals surface area contributed by atoms with Gasteiger partial charge >= 0.3 is 6.61 Å². The molecule has 1 atom stereocenters. The van der Waals surface area contributed by atoms with Crippen LogP contribution in [-0.4, -0.2) is 12.4 Å². The Balaban J connectivity index is 2.23. The van der Waals surface area contributed by atoms with Gasteiger partial charge in [-0.2, -0.15) is 8.78 Å². The average molecular weight is 238 g/mol. The third-order valence-electron chi connectivity index (χ3n) is 2.68. The van der Waals surface area contributed by atoms with Gasteiger partial charge in [0, 0.05) is 6.42 Å². The predicted molar refractivity (Wildman–Crippen MR) is 59.2 cm³/mol. The summed E-state index contributed by atoms with van der Waals surface area (Å²) in [4.78, 5) is 11.7. The molecule has 0 saturated carbocycles. The van der Waals surface area contributed by atoms with E-state index in [0.717, 1.165) is 6.42 Å². The van der Waals surface area contributed by atoms with Gasteiger partial charge in [0.15, 0.2) is 0 Å². The highest BCUT2D eigenvalue weighted by molar-refractivity contribution is 5.88. The van der Waals surface area contributed by atoms with Gasteiger partial charge in [0.25, 0.3) is 0 Å². The van der Waals surface area contributed by atoms with Crippen LogP contribution in [0.2, 0.25) is 0 Å². The van der Waals surface area contributed by atoms with Crippen molar-refractivity contribution >= 4 is 5.78 Å². The standard InChI is InChI=1S/C13H12F2O2/c14-13(15)17-10-5-3-4-9(8-10)11-6-1-2-7-12(11)16/h1,3-6,8,11,13H,2,7H2. The van der Waals surface area contributed by atoms with Crippen LogP contribution in [0.25, 0.3) is 0 Å². The number of carbonyl (C=O) groups excluding carboxylic acids is 1. The van der Waals surface area contributed by atoms with Crippen LogP contribution in [0.3, 0.4) is 0 Å². The molecule has 0 aliphatic heterocycles. The van der Waals surface area contributed by atoms with Gasteiger partial charge in [0.2, 0.25) is 0 Å². The third kappa shape index (κ3) is 2.90. The van der Waals surface area contributed by atoms with E-state index >= 15 is 0 Å². The lowest BCUT2D eigenvalue weighted by atomic mass is 9.88. The summed E-state index contributed by atoms with van der Waals surface area (Å²) in [5, 5.41) is 0. The third-order valence-corrected chi connectivity index (χ3v) is 2.68. The van der Waals surface area contributed by atoms with Gasteiger partial charge in [0.1, 0.15) is 11.5 Å². The molecule has 1 unspecified atom stereocenters. The molecule has 0 bridgehead atoms. The Morgan fingerprint density at radius 2 is 2.18 bits per heavy atom. The van der Waals surface area contributed by atoms with E-state index in [2.05, 4.69) is 4.74 Å². The number of Topliss-reactive ketones (excluding diaryl/α,β-unsaturated/α-hetero) is 1. The van der Waals surface area contributed by atoms with Crippen molar-refractivity contribution in [1.29, 1.82) is 0 Å². The van der Waals surface area contributed by atoms with Crippen molar-refractivity contribution in [2.75, 3.05) is 0 Å². The van der Waals surface area contributed by atoms with Crippen LogP contribution in [0.15, 0.2) is 36.4 Å². The number of alkyl halides is 2. The molecule has 1 aliphatic rings. The maximum Gasteiger partial charge on any atom is 0.387 e. The molecule has 0 radical (unpaired) electrons. The van der Waals surface area contributed by atoms with E-state index in [4.69, 9.17) is 0 Å². The molecule has 2 rings (SSSR count). The van der Waals surface area contributed by atoms with E-state index in [1.54, 1.807) is 12.1 Å². The Morgan fingerprint density at radius 1 is 1.35 bits per heavy atom. The van der Waals surface area contributed by atoms with Crippen LogP contribution in [0.4, 0.5) is 8.78 Å². The first-order chi connectivity index (χ1) is 8.16. The van der Waals surface area contributed by atoms with Gasteiger partial charge in [-0.05, 0) is 24.1 Å². The van der Waals surface area contributed by atoms with Crippen molar-refractivity contribution in [3.8, 4) is 5.75 Å². The fourth-order valence-corrected chi connectivity index (χ4v) is 1.90. The highest BCUT2D eigenvalue weighted by atomic mass is 19.3. The second kappa shape index (κ2) is 5.08. The molecule has 1 aliphatic carbocycles. The lowest BCUT2D eigenvalue weighted by Crippen LogP contribution is -2.13. The number of carbonyl (C=O) groups is 1. The molecule has 1 aromatic carbocycles. The molecule has 2 nitrogen and oxygen atoms in total. The summed E-state index contributed by atoms with van der Waals surface area (Å²) in [6.07, 6.45) is 5.00. The van der Waals surface area contributed by atoms with Gasteiger partial charge in [0.05, 0.1) is 5.92 Å². The number of ketones is 1. The Morgan fingerprint density at radius 3 is 2.88 bits per heavy atom. The number of hydrogen-bond acceptors (Lipinski definition) is 2. The zero-order chi connectivity index (χ0) is 12.3. The van der Waals surface area contributed by atoms with Gasteiger partial charge in [-0.1, -0.05) is 24.3 Å². The molecule has 1 aromatic rings. The molecule has 0 N–H and O–H groups in total. The van der Waals surface area contributed by atoms with Crippen LogP contribution < -0.4 is 4.74 Å². The monoisotopic (exact) mass is 238 g/mol. The van der Waals surface area contributed by atoms with E-state index in [0.29, 0.717) is 12.0 Å². The summed E-state index contributed by atoms with van der Waals surface area (Å²) < 4.78 is 28.4. The van der Waals surface area contributed by atoms with Crippen LogP contribution >= 0.6 is 0 Å². The van der Waals surface area contributed by atoms with Crippen LogP contribution in [0, 0.1) is 0 Å². The quantitative estimate of drug-likeness (QED) is 0.755. The zero-order valence-electron chi connectivity index (χ0n) is 9.11. The topological polar surface area (TPSA) is 26.3 Å². The molecule has 0 heterocycles. The summed E-state index contributed by atoms with van der Waals surface area (Å²) in [5.74, 6) is -0.129. The predicted octanol–water partition coefficient (Wildman–Crippen LogP) is 3.29. The van der Waals surface area contributed by atoms with Crippen molar-refractivity contribution in [3.05, 3.63) is 42.0 Å². The molecular weight excluding hydrogens is 226 g/mol. The molecule has 17 heavy (non-hydrogen) atoms. The van der Waals surface area contributed by atoms with E-state index in [9.17, 15) is 13.6 Å². The summed E-state index contributed by atoms with van der Waals surface area (Å²) >= 11 is 0. The minimum atomic E-state index is -2.84. The number of hydrogen-bond donors (Lipinski definition) is 0. The average Bonchev–Trinajstić information content (AvgIpc) is 2.29. The normalized spacial score (nSPS) is 19.7. The summed E-state index contributed by atoms with van der Waals surface area (Å²) in [7, 11) is 0. The van der Waals surface area contributed by atoms with Crippen molar-refractivity contribution in [3.63, 3.8) is 0 Å². The highest BCUT2D eigenvalue weighted by Crippen LogP contribution is 2.27. The van der Waals surface area contributed by atoms with Crippen molar-refractivity contribution < 1.29 is 18.3 Å². The van der Waals surface area contributed by atoms with Crippen molar-refractivity contribution in [1.82, 2.24) is 0 Å². The summed E-state index contributed by atoms with van der Waals surface area (Å²) in [5.41, 5.74) is 0.698.